The van der Waals surface area contributed by atoms with Crippen molar-refractivity contribution in [3.8, 4) is 0 Å². The molecule has 0 aromatic carbocycles. The van der Waals surface area contributed by atoms with Gasteiger partial charge in [0.25, 0.3) is 0 Å². The lowest BCUT2D eigenvalue weighted by molar-refractivity contribution is 0.686. The second-order valence-electron chi connectivity index (χ2n) is 4.39. The largest absolute Gasteiger partial charge is 0.373 e. The highest BCUT2D eigenvalue weighted by Gasteiger charge is 2.19. The van der Waals surface area contributed by atoms with Crippen LogP contribution in [0.25, 0.3) is 0 Å². The smallest absolute Gasteiger partial charge is 0.191 e. The summed E-state index contributed by atoms with van der Waals surface area (Å²) in [7, 11) is 1.88. The number of thioether (sulfide) groups is 1. The number of aromatic nitrogens is 2. The van der Waals surface area contributed by atoms with Crippen molar-refractivity contribution in [3.63, 3.8) is 0 Å². The third-order valence-corrected chi connectivity index (χ3v) is 3.48. The molecule has 0 radical (unpaired) electrons. The summed E-state index contributed by atoms with van der Waals surface area (Å²) in [5.41, 5.74) is 0. The van der Waals surface area contributed by atoms with Crippen molar-refractivity contribution in [2.75, 3.05) is 30.5 Å². The molecular weight excluding hydrogens is 232 g/mol. The minimum absolute atomic E-state index is 0.807. The lowest BCUT2D eigenvalue weighted by Gasteiger charge is -2.08. The lowest BCUT2D eigenvalue weighted by atomic mass is 10.2. The number of anilines is 2. The van der Waals surface area contributed by atoms with Crippen molar-refractivity contribution in [2.45, 2.75) is 30.8 Å². The molecule has 1 heterocycles. The van der Waals surface area contributed by atoms with Gasteiger partial charge in [-0.15, -0.1) is 0 Å². The lowest BCUT2D eigenvalue weighted by Crippen LogP contribution is -2.06. The molecule has 1 aliphatic rings. The fourth-order valence-electron chi connectivity index (χ4n) is 1.75. The van der Waals surface area contributed by atoms with Crippen molar-refractivity contribution in [1.29, 1.82) is 0 Å². The molecule has 1 saturated carbocycles. The molecule has 2 N–H and O–H groups in total. The Morgan fingerprint density at radius 2 is 2.12 bits per heavy atom. The van der Waals surface area contributed by atoms with Crippen LogP contribution in [0.3, 0.4) is 0 Å². The van der Waals surface area contributed by atoms with Gasteiger partial charge in [-0.1, -0.05) is 24.6 Å². The van der Waals surface area contributed by atoms with Gasteiger partial charge in [-0.3, -0.25) is 0 Å². The number of hydrogen-bond acceptors (Lipinski definition) is 5. The maximum absolute atomic E-state index is 4.43. The molecule has 0 spiro atoms. The summed E-state index contributed by atoms with van der Waals surface area (Å²) in [6, 6.07) is 1.96. The van der Waals surface area contributed by atoms with Crippen LogP contribution in [-0.4, -0.2) is 29.8 Å². The normalized spacial score (nSPS) is 14.7. The van der Waals surface area contributed by atoms with Gasteiger partial charge in [0.15, 0.2) is 5.16 Å². The molecule has 94 valence electrons. The van der Waals surface area contributed by atoms with Crippen LogP contribution < -0.4 is 10.6 Å². The zero-order valence-electron chi connectivity index (χ0n) is 10.5. The van der Waals surface area contributed by atoms with E-state index in [1.54, 1.807) is 11.8 Å². The molecule has 0 atom stereocenters. The van der Waals surface area contributed by atoms with Crippen LogP contribution in [0.15, 0.2) is 11.2 Å². The van der Waals surface area contributed by atoms with E-state index in [0.717, 1.165) is 29.3 Å². The van der Waals surface area contributed by atoms with Gasteiger partial charge in [-0.25, -0.2) is 9.97 Å². The molecule has 1 aromatic rings. The van der Waals surface area contributed by atoms with Gasteiger partial charge in [-0.2, -0.15) is 0 Å². The Morgan fingerprint density at radius 3 is 2.76 bits per heavy atom. The van der Waals surface area contributed by atoms with Gasteiger partial charge in [0.1, 0.15) is 11.6 Å². The number of nitrogens with zero attached hydrogens (tertiary/aromatic N) is 2. The highest BCUT2D eigenvalue weighted by Crippen LogP contribution is 2.33. The van der Waals surface area contributed by atoms with E-state index in [1.165, 1.54) is 25.7 Å². The Kier molecular flexibility index (Phi) is 4.48. The average Bonchev–Trinajstić information content (AvgIpc) is 3.18. The zero-order chi connectivity index (χ0) is 12.1. The molecule has 0 aliphatic heterocycles. The van der Waals surface area contributed by atoms with Crippen molar-refractivity contribution in [2.24, 2.45) is 5.92 Å². The molecule has 1 aliphatic carbocycles. The SMILES string of the molecule is CNc1cc(NCCCC2CC2)nc(SC)n1. The van der Waals surface area contributed by atoms with Crippen molar-refractivity contribution in [1.82, 2.24) is 9.97 Å². The zero-order valence-corrected chi connectivity index (χ0v) is 11.3. The van der Waals surface area contributed by atoms with E-state index >= 15 is 0 Å². The van der Waals surface area contributed by atoms with Gasteiger partial charge >= 0.3 is 0 Å². The molecule has 2 rings (SSSR count). The predicted octanol–water partition coefficient (Wildman–Crippen LogP) is 2.84. The molecule has 0 bridgehead atoms. The molecule has 0 saturated heterocycles. The Balaban J connectivity index is 1.84. The summed E-state index contributed by atoms with van der Waals surface area (Å²) in [6.07, 6.45) is 7.46. The van der Waals surface area contributed by atoms with Crippen LogP contribution in [0.2, 0.25) is 0 Å². The van der Waals surface area contributed by atoms with Gasteiger partial charge < -0.3 is 10.6 Å². The first-order valence-electron chi connectivity index (χ1n) is 6.16. The minimum atomic E-state index is 0.807. The second-order valence-corrected chi connectivity index (χ2v) is 5.16. The van der Waals surface area contributed by atoms with Crippen LogP contribution in [0, 0.1) is 5.92 Å². The van der Waals surface area contributed by atoms with Gasteiger partial charge in [0, 0.05) is 19.7 Å². The Bertz CT molecular complexity index is 343. The summed E-state index contributed by atoms with van der Waals surface area (Å²) in [6.45, 7) is 1.00. The minimum Gasteiger partial charge on any atom is -0.373 e. The summed E-state index contributed by atoms with van der Waals surface area (Å²) >= 11 is 1.56. The highest BCUT2D eigenvalue weighted by molar-refractivity contribution is 7.98. The van der Waals surface area contributed by atoms with Crippen LogP contribution >= 0.6 is 11.8 Å². The van der Waals surface area contributed by atoms with Gasteiger partial charge in [0.05, 0.1) is 0 Å². The topological polar surface area (TPSA) is 49.8 Å². The maximum atomic E-state index is 4.43. The monoisotopic (exact) mass is 252 g/mol. The molecule has 4 nitrogen and oxygen atoms in total. The first-order chi connectivity index (χ1) is 8.31. The van der Waals surface area contributed by atoms with Crippen molar-refractivity contribution >= 4 is 23.4 Å². The average molecular weight is 252 g/mol. The third kappa shape index (κ3) is 4.07. The van der Waals surface area contributed by atoms with Crippen LogP contribution in [0.1, 0.15) is 25.7 Å². The maximum Gasteiger partial charge on any atom is 0.191 e. The van der Waals surface area contributed by atoms with E-state index in [2.05, 4.69) is 20.6 Å². The Labute approximate surface area is 107 Å². The van der Waals surface area contributed by atoms with Gasteiger partial charge in [-0.05, 0) is 25.0 Å². The van der Waals surface area contributed by atoms with E-state index in [1.807, 2.05) is 19.4 Å². The first-order valence-corrected chi connectivity index (χ1v) is 7.39. The van der Waals surface area contributed by atoms with Gasteiger partial charge in [0.2, 0.25) is 0 Å². The van der Waals surface area contributed by atoms with E-state index in [9.17, 15) is 0 Å². The van der Waals surface area contributed by atoms with Crippen LogP contribution in [0.4, 0.5) is 11.6 Å². The summed E-state index contributed by atoms with van der Waals surface area (Å²) in [5.74, 6) is 2.80. The summed E-state index contributed by atoms with van der Waals surface area (Å²) in [5, 5.41) is 7.24. The highest BCUT2D eigenvalue weighted by atomic mass is 32.2. The molecule has 1 fully saturated rings. The van der Waals surface area contributed by atoms with E-state index in [-0.39, 0.29) is 0 Å². The van der Waals surface area contributed by atoms with Crippen LogP contribution in [0.5, 0.6) is 0 Å². The summed E-state index contributed by atoms with van der Waals surface area (Å²) in [4.78, 5) is 8.77. The van der Waals surface area contributed by atoms with E-state index < -0.39 is 0 Å². The van der Waals surface area contributed by atoms with E-state index in [0.29, 0.717) is 0 Å². The quantitative estimate of drug-likeness (QED) is 0.444. The second kappa shape index (κ2) is 6.10. The number of rotatable bonds is 7. The Hall–Kier alpha value is -0.970. The molecule has 0 unspecified atom stereocenters. The fraction of sp³-hybridized carbons (Fsp3) is 0.667. The molecule has 17 heavy (non-hydrogen) atoms. The van der Waals surface area contributed by atoms with E-state index in [4.69, 9.17) is 0 Å². The summed E-state index contributed by atoms with van der Waals surface area (Å²) < 4.78 is 0. The molecule has 0 amide bonds. The number of hydrogen-bond donors (Lipinski definition) is 2. The van der Waals surface area contributed by atoms with Crippen molar-refractivity contribution < 1.29 is 0 Å². The first kappa shape index (κ1) is 12.5. The fourth-order valence-corrected chi connectivity index (χ4v) is 2.13. The molecular formula is C12H20N4S. The molecule has 1 aromatic heterocycles. The Morgan fingerprint density at radius 1 is 1.35 bits per heavy atom. The third-order valence-electron chi connectivity index (χ3n) is 2.94. The number of nitrogens with one attached hydrogen (secondary N) is 2. The van der Waals surface area contributed by atoms with Crippen LogP contribution in [-0.2, 0) is 0 Å². The van der Waals surface area contributed by atoms with Crippen molar-refractivity contribution in [3.05, 3.63) is 6.07 Å². The predicted molar refractivity (Wildman–Crippen MR) is 73.8 cm³/mol. The standard InChI is InChI=1S/C12H20N4S/c1-13-10-8-11(16-12(15-10)17-2)14-7-3-4-9-5-6-9/h8-9H,3-7H2,1-2H3,(H2,13,14,15,16). The molecule has 5 heteroatoms.